The van der Waals surface area contributed by atoms with Crippen LogP contribution in [0.3, 0.4) is 0 Å². The minimum atomic E-state index is 0.125. The van der Waals surface area contributed by atoms with Crippen molar-refractivity contribution >= 4 is 0 Å². The van der Waals surface area contributed by atoms with Crippen LogP contribution in [0.15, 0.2) is 164 Å². The highest BCUT2D eigenvalue weighted by Gasteiger charge is 2.06. The fourth-order valence-electron chi connectivity index (χ4n) is 5.87. The van der Waals surface area contributed by atoms with Crippen LogP contribution in [0, 0.1) is 86.4 Å². The normalized spacial score (nSPS) is 8.96. The van der Waals surface area contributed by atoms with Crippen LogP contribution in [0.1, 0.15) is 80.5 Å². The lowest BCUT2D eigenvalue weighted by atomic mass is 10.2. The van der Waals surface area contributed by atoms with Crippen LogP contribution >= 0.6 is 0 Å². The van der Waals surface area contributed by atoms with Gasteiger partial charge in [-0.2, -0.15) is 0 Å². The molecule has 0 spiro atoms. The minimum absolute atomic E-state index is 0.125. The van der Waals surface area contributed by atoms with Crippen molar-refractivity contribution in [3.63, 3.8) is 0 Å². The first-order valence-corrected chi connectivity index (χ1v) is 24.3. The summed E-state index contributed by atoms with van der Waals surface area (Å²) in [6.07, 6.45) is 37.0. The molecule has 0 saturated carbocycles. The van der Waals surface area contributed by atoms with E-state index >= 15 is 0 Å². The fourth-order valence-corrected chi connectivity index (χ4v) is 5.87. The molecule has 0 atom stereocenters. The van der Waals surface area contributed by atoms with Gasteiger partial charge in [-0.3, -0.25) is 0 Å². The number of benzene rings is 7. The summed E-state index contributed by atoms with van der Waals surface area (Å²) in [5, 5.41) is 0. The molecular weight excluding hydrogens is 969 g/mol. The Kier molecular flexibility index (Phi) is 33.2. The van der Waals surface area contributed by atoms with Gasteiger partial charge in [0.05, 0.1) is 65.0 Å². The minimum Gasteiger partial charge on any atom is -0.497 e. The van der Waals surface area contributed by atoms with Crippen molar-refractivity contribution in [1.82, 2.24) is 0 Å². The largest absolute Gasteiger partial charge is 0.497 e. The molecule has 0 aliphatic rings. The van der Waals surface area contributed by atoms with Crippen molar-refractivity contribution in [1.29, 1.82) is 0 Å². The molecule has 7 aromatic carbocycles. The average molecular weight is 1040 g/mol. The lowest BCUT2D eigenvalue weighted by molar-refractivity contribution is 0.229. The molecular formula is C70H70O8. The lowest BCUT2D eigenvalue weighted by Gasteiger charge is -2.14. The van der Waals surface area contributed by atoms with Gasteiger partial charge in [0.15, 0.2) is 0 Å². The maximum atomic E-state index is 5.60. The second-order valence-corrected chi connectivity index (χ2v) is 16.3. The molecule has 0 fully saturated rings. The van der Waals surface area contributed by atoms with Gasteiger partial charge < -0.3 is 37.9 Å². The smallest absolute Gasteiger partial charge is 0.135 e. The highest BCUT2D eigenvalue weighted by molar-refractivity contribution is 5.48. The highest BCUT2D eigenvalue weighted by Crippen LogP contribution is 2.25. The molecule has 8 heteroatoms. The Morgan fingerprint density at radius 3 is 1.01 bits per heavy atom. The summed E-state index contributed by atoms with van der Waals surface area (Å²) < 4.78 is 41.6. The first-order valence-electron chi connectivity index (χ1n) is 24.3. The lowest BCUT2D eigenvalue weighted by Crippen LogP contribution is -2.08. The standard InChI is InChI=1S/C14H18O2.C11H12O.C10H10O2.3C9H8O.C8H6/c1-6-12-7-13(15-10(2)3)9-14(8-12)16-11(4)5;1-4-10-7-5-6-8-11(10)12-9(2)3;1-4-8-5-9(11-2)7-10(6-8)12-3;1-3-8-4-6-9(10-2)7-5-8;1-3-8-5-4-6-9(7-8)10-2;1-3-8-6-4-5-7-9(8)10-2;1-2-8-6-4-3-5-7-8/h1,7-11H,2-5H3;1,5-9H,2-3H3;1,5-7H,2-3H3;3*1,4-7H,2H3;1,3-7H. The summed E-state index contributed by atoms with van der Waals surface area (Å²) in [6, 6.07) is 50.3. The van der Waals surface area contributed by atoms with E-state index in [9.17, 15) is 0 Å². The highest BCUT2D eigenvalue weighted by atomic mass is 16.5. The van der Waals surface area contributed by atoms with E-state index in [1.807, 2.05) is 187 Å². The van der Waals surface area contributed by atoms with E-state index in [1.54, 1.807) is 53.7 Å². The predicted molar refractivity (Wildman–Crippen MR) is 321 cm³/mol. The second kappa shape index (κ2) is 39.3. The third kappa shape index (κ3) is 27.8. The number of methoxy groups -OCH3 is 5. The van der Waals surface area contributed by atoms with Gasteiger partial charge in [-0.25, -0.2) is 0 Å². The van der Waals surface area contributed by atoms with Crippen LogP contribution in [0.2, 0.25) is 0 Å². The van der Waals surface area contributed by atoms with E-state index in [0.717, 1.165) is 73.4 Å². The molecule has 0 aliphatic carbocycles. The molecule has 8 nitrogen and oxygen atoms in total. The van der Waals surface area contributed by atoms with Gasteiger partial charge in [-0.15, -0.1) is 45.0 Å². The molecule has 0 bridgehead atoms. The summed E-state index contributed by atoms with van der Waals surface area (Å²) >= 11 is 0. The van der Waals surface area contributed by atoms with Crippen LogP contribution in [0.4, 0.5) is 0 Å². The molecule has 0 saturated heterocycles. The quantitative estimate of drug-likeness (QED) is 0.119. The topological polar surface area (TPSA) is 73.8 Å². The van der Waals surface area contributed by atoms with Gasteiger partial charge in [-0.05, 0) is 145 Å². The molecule has 0 amide bonds. The van der Waals surface area contributed by atoms with Crippen LogP contribution in [0.25, 0.3) is 0 Å². The van der Waals surface area contributed by atoms with E-state index in [0.29, 0.717) is 11.5 Å². The van der Waals surface area contributed by atoms with E-state index in [4.69, 9.17) is 82.9 Å². The monoisotopic (exact) mass is 1040 g/mol. The van der Waals surface area contributed by atoms with E-state index in [2.05, 4.69) is 41.4 Å². The van der Waals surface area contributed by atoms with Gasteiger partial charge in [0.2, 0.25) is 0 Å². The number of terminal acetylenes is 7. The zero-order valence-electron chi connectivity index (χ0n) is 46.6. The Morgan fingerprint density at radius 2 is 0.628 bits per heavy atom. The number of rotatable bonds is 11. The SMILES string of the molecule is C#Cc1cc(OC(C)C)cc(OC(C)C)c1.C#Cc1cc(OC)cc(OC)c1.C#Cc1ccc(OC)cc1.C#Cc1cccc(OC)c1.C#Cc1ccccc1.C#Cc1ccccc1OC.C#Cc1ccccc1OC(C)C. The predicted octanol–water partition coefficient (Wildman–Crippen LogP) is 14.1. The Morgan fingerprint density at radius 1 is 0.269 bits per heavy atom. The van der Waals surface area contributed by atoms with Gasteiger partial charge in [0.1, 0.15) is 46.0 Å². The molecule has 78 heavy (non-hydrogen) atoms. The third-order valence-electron chi connectivity index (χ3n) is 9.41. The molecule has 0 heterocycles. The summed E-state index contributed by atoms with van der Waals surface area (Å²) in [5.74, 6) is 23.9. The van der Waals surface area contributed by atoms with Gasteiger partial charge in [0.25, 0.3) is 0 Å². The number of para-hydroxylation sites is 2. The molecule has 7 rings (SSSR count). The molecule has 398 valence electrons. The Bertz CT molecular complexity index is 3090. The van der Waals surface area contributed by atoms with Crippen molar-refractivity contribution < 1.29 is 37.9 Å². The summed E-state index contributed by atoms with van der Waals surface area (Å²) in [4.78, 5) is 0. The molecule has 0 aliphatic heterocycles. The first-order chi connectivity index (χ1) is 37.6. The number of hydrogen-bond donors (Lipinski definition) is 0. The van der Waals surface area contributed by atoms with Crippen molar-refractivity contribution in [3.05, 3.63) is 203 Å². The van der Waals surface area contributed by atoms with Crippen LogP contribution in [-0.2, 0) is 0 Å². The first kappa shape index (κ1) is 65.9. The van der Waals surface area contributed by atoms with Crippen molar-refractivity contribution in [2.45, 2.75) is 59.9 Å². The molecule has 0 radical (unpaired) electrons. The fraction of sp³-hybridized carbons (Fsp3) is 0.200. The van der Waals surface area contributed by atoms with Crippen LogP contribution in [-0.4, -0.2) is 53.9 Å². The van der Waals surface area contributed by atoms with Crippen molar-refractivity contribution in [2.24, 2.45) is 0 Å². The Hall–Kier alpha value is -10.1. The van der Waals surface area contributed by atoms with Gasteiger partial charge in [-0.1, -0.05) is 90.0 Å². The van der Waals surface area contributed by atoms with Crippen LogP contribution < -0.4 is 37.9 Å². The molecule has 7 aromatic rings. The summed E-state index contributed by atoms with van der Waals surface area (Å²) in [7, 11) is 8.04. The Balaban J connectivity index is 0.000000459. The summed E-state index contributed by atoms with van der Waals surface area (Å²) in [5.41, 5.74) is 5.80. The van der Waals surface area contributed by atoms with Crippen LogP contribution in [0.5, 0.6) is 46.0 Å². The maximum Gasteiger partial charge on any atom is 0.135 e. The van der Waals surface area contributed by atoms with Crippen molar-refractivity contribution in [3.8, 4) is 132 Å². The number of hydrogen-bond acceptors (Lipinski definition) is 8. The maximum absolute atomic E-state index is 5.60. The van der Waals surface area contributed by atoms with Crippen molar-refractivity contribution in [2.75, 3.05) is 35.5 Å². The molecule has 0 N–H and O–H groups in total. The van der Waals surface area contributed by atoms with E-state index in [-0.39, 0.29) is 18.3 Å². The van der Waals surface area contributed by atoms with E-state index < -0.39 is 0 Å². The zero-order valence-corrected chi connectivity index (χ0v) is 46.6. The molecule has 0 aromatic heterocycles. The van der Waals surface area contributed by atoms with E-state index in [1.165, 1.54) is 0 Å². The third-order valence-corrected chi connectivity index (χ3v) is 9.41. The average Bonchev–Trinajstić information content (AvgIpc) is 3.47. The van der Waals surface area contributed by atoms with Gasteiger partial charge in [0, 0.05) is 39.9 Å². The molecule has 0 unspecified atom stereocenters. The van der Waals surface area contributed by atoms with Gasteiger partial charge >= 0.3 is 0 Å². The zero-order chi connectivity index (χ0) is 58.1. The number of ether oxygens (including phenoxy) is 8. The second-order valence-electron chi connectivity index (χ2n) is 16.3. The Labute approximate surface area is 466 Å². The summed E-state index contributed by atoms with van der Waals surface area (Å²) in [6.45, 7) is 11.9.